The highest BCUT2D eigenvalue weighted by Gasteiger charge is 2.17. The highest BCUT2D eigenvalue weighted by molar-refractivity contribution is 9.10. The number of ether oxygens (including phenoxy) is 1. The van der Waals surface area contributed by atoms with Crippen LogP contribution in [0.15, 0.2) is 35.1 Å². The third-order valence-corrected chi connectivity index (χ3v) is 4.44. The fourth-order valence-electron chi connectivity index (χ4n) is 2.46. The summed E-state index contributed by atoms with van der Waals surface area (Å²) in [6.07, 6.45) is 1.03. The molecule has 0 bridgehead atoms. The van der Waals surface area contributed by atoms with Gasteiger partial charge in [-0.2, -0.15) is 0 Å². The first-order chi connectivity index (χ1) is 13.9. The highest BCUT2D eigenvalue weighted by Crippen LogP contribution is 2.29. The Balaban J connectivity index is 1.78. The first-order valence-corrected chi connectivity index (χ1v) is 9.29. The number of carbonyl (C=O) groups is 1. The van der Waals surface area contributed by atoms with Crippen molar-refractivity contribution in [3.8, 4) is 22.9 Å². The number of imidazole rings is 1. The molecule has 1 aromatic carbocycles. The molecule has 11 heteroatoms. The molecule has 3 rings (SSSR count). The number of anilines is 1. The van der Waals surface area contributed by atoms with Crippen LogP contribution in [0.2, 0.25) is 0 Å². The van der Waals surface area contributed by atoms with Crippen molar-refractivity contribution in [1.82, 2.24) is 25.3 Å². The number of nitrogens with one attached hydrogen (secondary N) is 3. The van der Waals surface area contributed by atoms with Gasteiger partial charge in [0.25, 0.3) is 0 Å². The van der Waals surface area contributed by atoms with Gasteiger partial charge < -0.3 is 20.4 Å². The van der Waals surface area contributed by atoms with Gasteiger partial charge in [-0.1, -0.05) is 0 Å². The molecule has 0 unspecified atom stereocenters. The summed E-state index contributed by atoms with van der Waals surface area (Å²) in [7, 11) is 1.29. The molecule has 2 aromatic heterocycles. The summed E-state index contributed by atoms with van der Waals surface area (Å²) < 4.78 is 32.1. The Morgan fingerprint density at radius 2 is 2.10 bits per heavy atom. The van der Waals surface area contributed by atoms with E-state index in [4.69, 9.17) is 0 Å². The Labute approximate surface area is 173 Å². The number of alkyl carbamates (subject to hydrolysis) is 1. The number of hydrogen-bond donors (Lipinski definition) is 3. The van der Waals surface area contributed by atoms with Crippen LogP contribution in [-0.4, -0.2) is 45.7 Å². The number of H-pyrrole nitrogens is 1. The predicted molar refractivity (Wildman–Crippen MR) is 106 cm³/mol. The molecule has 0 spiro atoms. The van der Waals surface area contributed by atoms with Gasteiger partial charge in [0.15, 0.2) is 5.82 Å². The minimum Gasteiger partial charge on any atom is -0.453 e. The average Bonchev–Trinajstić information content (AvgIpc) is 3.08. The number of hydrogen-bond acceptors (Lipinski definition) is 6. The molecule has 1 atom stereocenters. The Kier molecular flexibility index (Phi) is 6.37. The number of halogens is 3. The average molecular weight is 467 g/mol. The van der Waals surface area contributed by atoms with E-state index in [9.17, 15) is 13.6 Å². The molecular weight excluding hydrogens is 450 g/mol. The third kappa shape index (κ3) is 5.05. The largest absolute Gasteiger partial charge is 0.453 e. The molecule has 8 nitrogen and oxygen atoms in total. The van der Waals surface area contributed by atoms with Crippen LogP contribution in [0.1, 0.15) is 6.92 Å². The van der Waals surface area contributed by atoms with Gasteiger partial charge in [0.1, 0.15) is 33.6 Å². The fraction of sp³-hybridized carbons (Fsp3) is 0.222. The first-order valence-electron chi connectivity index (χ1n) is 8.50. The van der Waals surface area contributed by atoms with Crippen molar-refractivity contribution in [1.29, 1.82) is 0 Å². The SMILES string of the molecule is COC(=O)N[C@@H](C)CNc1ccnc(-c2[nH]c(-c3ccc(F)cc3F)nc2Br)n1. The summed E-state index contributed by atoms with van der Waals surface area (Å²) in [6, 6.07) is 4.70. The molecule has 0 aliphatic carbocycles. The summed E-state index contributed by atoms with van der Waals surface area (Å²) in [6.45, 7) is 2.21. The summed E-state index contributed by atoms with van der Waals surface area (Å²) in [4.78, 5) is 27.0. The second kappa shape index (κ2) is 8.95. The molecular formula is C18H17BrF2N6O2. The minimum absolute atomic E-state index is 0.121. The van der Waals surface area contributed by atoms with Gasteiger partial charge in [0, 0.05) is 24.8 Å². The zero-order valence-corrected chi connectivity index (χ0v) is 17.0. The molecule has 152 valence electrons. The maximum absolute atomic E-state index is 14.0. The monoisotopic (exact) mass is 466 g/mol. The lowest BCUT2D eigenvalue weighted by molar-refractivity contribution is 0.168. The number of amides is 1. The van der Waals surface area contributed by atoms with Crippen molar-refractivity contribution >= 4 is 27.8 Å². The van der Waals surface area contributed by atoms with E-state index in [0.29, 0.717) is 28.5 Å². The Bertz CT molecular complexity index is 1030. The Morgan fingerprint density at radius 1 is 1.31 bits per heavy atom. The van der Waals surface area contributed by atoms with Gasteiger partial charge >= 0.3 is 6.09 Å². The number of nitrogens with zero attached hydrogens (tertiary/aromatic N) is 3. The highest BCUT2D eigenvalue weighted by atomic mass is 79.9. The minimum atomic E-state index is -0.735. The van der Waals surface area contributed by atoms with Crippen molar-refractivity contribution in [2.45, 2.75) is 13.0 Å². The molecule has 1 amide bonds. The second-order valence-corrected chi connectivity index (χ2v) is 6.81. The zero-order valence-electron chi connectivity index (χ0n) is 15.5. The lowest BCUT2D eigenvalue weighted by atomic mass is 10.2. The smallest absolute Gasteiger partial charge is 0.407 e. The molecule has 0 aliphatic rings. The van der Waals surface area contributed by atoms with Crippen molar-refractivity contribution in [3.63, 3.8) is 0 Å². The molecule has 3 N–H and O–H groups in total. The third-order valence-electron chi connectivity index (χ3n) is 3.86. The van der Waals surface area contributed by atoms with E-state index in [2.05, 4.69) is 51.2 Å². The molecule has 0 fully saturated rings. The molecule has 0 saturated heterocycles. The normalized spacial score (nSPS) is 11.8. The van der Waals surface area contributed by atoms with Crippen LogP contribution in [-0.2, 0) is 4.74 Å². The lowest BCUT2D eigenvalue weighted by Gasteiger charge is -2.14. The molecule has 0 radical (unpaired) electrons. The van der Waals surface area contributed by atoms with Crippen molar-refractivity contribution in [2.75, 3.05) is 19.0 Å². The number of benzene rings is 1. The van der Waals surface area contributed by atoms with Crippen molar-refractivity contribution in [2.24, 2.45) is 0 Å². The standard InChI is InChI=1S/C18H17BrF2N6O2/c1-9(24-18(28)29-2)8-23-13-5-6-22-17(25-13)14-15(19)27-16(26-14)11-4-3-10(20)7-12(11)21/h3-7,9H,8H2,1-2H3,(H,24,28)(H,26,27)(H,22,23,25)/t9-/m0/s1. The number of aromatic amines is 1. The van der Waals surface area contributed by atoms with Crippen LogP contribution in [0, 0.1) is 11.6 Å². The lowest BCUT2D eigenvalue weighted by Crippen LogP contribution is -2.37. The van der Waals surface area contributed by atoms with Gasteiger partial charge in [-0.05, 0) is 41.1 Å². The number of rotatable bonds is 6. The van der Waals surface area contributed by atoms with Crippen molar-refractivity contribution in [3.05, 3.63) is 46.7 Å². The van der Waals surface area contributed by atoms with E-state index in [-0.39, 0.29) is 17.4 Å². The fourth-order valence-corrected chi connectivity index (χ4v) is 2.91. The van der Waals surface area contributed by atoms with E-state index >= 15 is 0 Å². The predicted octanol–water partition coefficient (Wildman–Crippen LogP) is 3.73. The molecule has 29 heavy (non-hydrogen) atoms. The van der Waals surface area contributed by atoms with Crippen LogP contribution in [0.4, 0.5) is 19.4 Å². The van der Waals surface area contributed by atoms with E-state index in [1.807, 2.05) is 0 Å². The maximum Gasteiger partial charge on any atom is 0.407 e. The summed E-state index contributed by atoms with van der Waals surface area (Å²) >= 11 is 3.31. The summed E-state index contributed by atoms with van der Waals surface area (Å²) in [5, 5.41) is 5.72. The summed E-state index contributed by atoms with van der Waals surface area (Å²) in [5.41, 5.74) is 0.559. The quantitative estimate of drug-likeness (QED) is 0.511. The zero-order chi connectivity index (χ0) is 21.0. The van der Waals surface area contributed by atoms with Gasteiger partial charge in [-0.25, -0.2) is 28.5 Å². The number of carbonyl (C=O) groups excluding carboxylic acids is 1. The molecule has 3 aromatic rings. The van der Waals surface area contributed by atoms with Gasteiger partial charge in [0.2, 0.25) is 0 Å². The molecule has 2 heterocycles. The van der Waals surface area contributed by atoms with E-state index in [1.165, 1.54) is 13.2 Å². The first kappa shape index (κ1) is 20.6. The van der Waals surface area contributed by atoms with Gasteiger partial charge in [-0.15, -0.1) is 0 Å². The van der Waals surface area contributed by atoms with E-state index in [0.717, 1.165) is 12.1 Å². The Morgan fingerprint density at radius 3 is 2.83 bits per heavy atom. The van der Waals surface area contributed by atoms with Crippen LogP contribution >= 0.6 is 15.9 Å². The number of aromatic nitrogens is 4. The van der Waals surface area contributed by atoms with E-state index < -0.39 is 17.7 Å². The van der Waals surface area contributed by atoms with Crippen molar-refractivity contribution < 1.29 is 18.3 Å². The molecule has 0 saturated carbocycles. The van der Waals surface area contributed by atoms with Gasteiger partial charge in [0.05, 0.1) is 12.7 Å². The topological polar surface area (TPSA) is 105 Å². The Hall–Kier alpha value is -3.08. The van der Waals surface area contributed by atoms with Crippen LogP contribution in [0.25, 0.3) is 22.9 Å². The van der Waals surface area contributed by atoms with Crippen LogP contribution < -0.4 is 10.6 Å². The molecule has 0 aliphatic heterocycles. The van der Waals surface area contributed by atoms with Gasteiger partial charge in [-0.3, -0.25) is 0 Å². The van der Waals surface area contributed by atoms with Crippen LogP contribution in [0.5, 0.6) is 0 Å². The maximum atomic E-state index is 14.0. The van der Waals surface area contributed by atoms with Crippen LogP contribution in [0.3, 0.4) is 0 Å². The second-order valence-electron chi connectivity index (χ2n) is 6.06. The number of methoxy groups -OCH3 is 1. The summed E-state index contributed by atoms with van der Waals surface area (Å²) in [5.74, 6) is -0.361. The van der Waals surface area contributed by atoms with E-state index in [1.54, 1.807) is 19.2 Å².